The van der Waals surface area contributed by atoms with Crippen LogP contribution in [0.4, 0.5) is 0 Å². The van der Waals surface area contributed by atoms with Crippen LogP contribution >= 0.6 is 0 Å². The van der Waals surface area contributed by atoms with Crippen molar-refractivity contribution < 1.29 is 24.3 Å². The largest absolute Gasteiger partial charge is 0.480 e. The number of amides is 3. The van der Waals surface area contributed by atoms with Gasteiger partial charge in [-0.05, 0) is 11.5 Å². The second-order valence-electron chi connectivity index (χ2n) is 7.98. The number of imidazole rings is 1. The molecule has 1 heterocycles. The highest BCUT2D eigenvalue weighted by Gasteiger charge is 2.27. The third kappa shape index (κ3) is 8.37. The fraction of sp³-hybridized carbons (Fsp3) is 0.409. The lowest BCUT2D eigenvalue weighted by Gasteiger charge is -2.22. The first-order valence-corrected chi connectivity index (χ1v) is 10.5. The summed E-state index contributed by atoms with van der Waals surface area (Å²) in [6.45, 7) is 3.20. The zero-order chi connectivity index (χ0) is 24.4. The van der Waals surface area contributed by atoms with Crippen molar-refractivity contribution in [3.63, 3.8) is 0 Å². The number of H-pyrrole nitrogens is 1. The zero-order valence-electron chi connectivity index (χ0n) is 18.6. The Bertz CT molecular complexity index is 932. The molecular weight excluding hydrogens is 428 g/mol. The Kier molecular flexibility index (Phi) is 9.55. The second kappa shape index (κ2) is 12.3. The fourth-order valence-corrected chi connectivity index (χ4v) is 2.98. The molecule has 1 aromatic carbocycles. The summed E-state index contributed by atoms with van der Waals surface area (Å²) >= 11 is 0. The van der Waals surface area contributed by atoms with E-state index in [2.05, 4.69) is 25.9 Å². The molecule has 3 atom stereocenters. The normalized spacial score (nSPS) is 13.6. The number of nitrogens with one attached hydrogen (secondary N) is 4. The number of hydrogen-bond acceptors (Lipinski definition) is 6. The van der Waals surface area contributed by atoms with Gasteiger partial charge in [-0.15, -0.1) is 0 Å². The lowest BCUT2D eigenvalue weighted by molar-refractivity contribution is -0.142. The molecule has 3 unspecified atom stereocenters. The maximum atomic E-state index is 12.9. The van der Waals surface area contributed by atoms with Crippen LogP contribution in [0.1, 0.15) is 25.1 Å². The number of nitrogens with zero attached hydrogens (tertiary/aromatic N) is 1. The number of carboxylic acids is 1. The van der Waals surface area contributed by atoms with Gasteiger partial charge >= 0.3 is 5.97 Å². The highest BCUT2D eigenvalue weighted by atomic mass is 16.4. The molecule has 178 valence electrons. The van der Waals surface area contributed by atoms with Crippen molar-refractivity contribution in [2.75, 3.05) is 6.54 Å². The Morgan fingerprint density at radius 2 is 1.73 bits per heavy atom. The minimum Gasteiger partial charge on any atom is -0.480 e. The number of carboxylic acid groups (broad SMARTS) is 1. The molecule has 0 bridgehead atoms. The molecule has 0 saturated heterocycles. The second-order valence-corrected chi connectivity index (χ2v) is 7.98. The molecule has 0 spiro atoms. The van der Waals surface area contributed by atoms with E-state index >= 15 is 0 Å². The smallest absolute Gasteiger partial charge is 0.326 e. The van der Waals surface area contributed by atoms with Crippen LogP contribution < -0.4 is 21.7 Å². The molecule has 7 N–H and O–H groups in total. The van der Waals surface area contributed by atoms with Crippen LogP contribution in [-0.4, -0.2) is 63.4 Å². The molecule has 11 nitrogen and oxygen atoms in total. The van der Waals surface area contributed by atoms with Crippen molar-refractivity contribution in [1.29, 1.82) is 0 Å². The van der Waals surface area contributed by atoms with E-state index < -0.39 is 41.8 Å². The SMILES string of the molecule is CC(C)C(N)C(=O)NCC(=O)NC(Cc1ccccc1)C(=O)NC(Cc1cnc[nH]1)C(=O)O. The number of benzene rings is 1. The summed E-state index contributed by atoms with van der Waals surface area (Å²) in [5.41, 5.74) is 7.07. The van der Waals surface area contributed by atoms with Crippen LogP contribution in [0, 0.1) is 5.92 Å². The molecule has 0 fully saturated rings. The average Bonchev–Trinajstić information content (AvgIpc) is 3.29. The van der Waals surface area contributed by atoms with Crippen molar-refractivity contribution in [1.82, 2.24) is 25.9 Å². The lowest BCUT2D eigenvalue weighted by Crippen LogP contribution is -2.55. The minimum absolute atomic E-state index is 0.00375. The van der Waals surface area contributed by atoms with Crippen molar-refractivity contribution in [2.24, 2.45) is 11.7 Å². The molecule has 0 saturated carbocycles. The lowest BCUT2D eigenvalue weighted by atomic mass is 10.0. The molecule has 0 aliphatic rings. The summed E-state index contributed by atoms with van der Waals surface area (Å²) in [6.07, 6.45) is 3.01. The molecule has 33 heavy (non-hydrogen) atoms. The first-order chi connectivity index (χ1) is 15.7. The maximum absolute atomic E-state index is 12.9. The van der Waals surface area contributed by atoms with Gasteiger partial charge in [0.2, 0.25) is 17.7 Å². The number of aromatic amines is 1. The predicted octanol–water partition coefficient (Wildman–Crippen LogP) is -0.651. The number of aliphatic carboxylic acids is 1. The summed E-state index contributed by atoms with van der Waals surface area (Å²) < 4.78 is 0. The van der Waals surface area contributed by atoms with Crippen molar-refractivity contribution in [3.05, 3.63) is 54.1 Å². The monoisotopic (exact) mass is 458 g/mol. The van der Waals surface area contributed by atoms with Gasteiger partial charge in [-0.1, -0.05) is 44.2 Å². The van der Waals surface area contributed by atoms with E-state index in [1.807, 2.05) is 6.07 Å². The van der Waals surface area contributed by atoms with E-state index in [4.69, 9.17) is 5.73 Å². The van der Waals surface area contributed by atoms with Gasteiger partial charge in [0, 0.05) is 24.7 Å². The molecule has 1 aromatic heterocycles. The third-order valence-corrected chi connectivity index (χ3v) is 4.97. The maximum Gasteiger partial charge on any atom is 0.326 e. The Morgan fingerprint density at radius 1 is 1.03 bits per heavy atom. The van der Waals surface area contributed by atoms with Gasteiger partial charge in [-0.25, -0.2) is 9.78 Å². The quantitative estimate of drug-likeness (QED) is 0.244. The van der Waals surface area contributed by atoms with Crippen molar-refractivity contribution in [3.8, 4) is 0 Å². The number of carbonyl (C=O) groups is 4. The summed E-state index contributed by atoms with van der Waals surface area (Å²) in [7, 11) is 0. The first-order valence-electron chi connectivity index (χ1n) is 10.5. The molecule has 11 heteroatoms. The van der Waals surface area contributed by atoms with Crippen LogP contribution in [0.5, 0.6) is 0 Å². The third-order valence-electron chi connectivity index (χ3n) is 4.97. The van der Waals surface area contributed by atoms with Crippen LogP contribution in [0.3, 0.4) is 0 Å². The zero-order valence-corrected chi connectivity index (χ0v) is 18.6. The highest BCUT2D eigenvalue weighted by Crippen LogP contribution is 2.06. The van der Waals surface area contributed by atoms with E-state index in [0.717, 1.165) is 5.56 Å². The van der Waals surface area contributed by atoms with Gasteiger partial charge in [-0.3, -0.25) is 14.4 Å². The number of rotatable bonds is 12. The Hall–Kier alpha value is -3.73. The van der Waals surface area contributed by atoms with Gasteiger partial charge in [0.15, 0.2) is 0 Å². The van der Waals surface area contributed by atoms with E-state index in [0.29, 0.717) is 5.69 Å². The summed E-state index contributed by atoms with van der Waals surface area (Å²) in [6, 6.07) is 5.92. The molecule has 2 rings (SSSR count). The molecule has 0 aliphatic heterocycles. The van der Waals surface area contributed by atoms with Crippen molar-refractivity contribution >= 4 is 23.7 Å². The van der Waals surface area contributed by atoms with E-state index in [1.165, 1.54) is 12.5 Å². The first kappa shape index (κ1) is 25.5. The van der Waals surface area contributed by atoms with Gasteiger partial charge in [0.05, 0.1) is 18.9 Å². The molecule has 3 amide bonds. The minimum atomic E-state index is -1.23. The summed E-state index contributed by atoms with van der Waals surface area (Å²) in [5, 5.41) is 17.0. The molecule has 2 aromatic rings. The van der Waals surface area contributed by atoms with Crippen LogP contribution in [0.25, 0.3) is 0 Å². The summed E-state index contributed by atoms with van der Waals surface area (Å²) in [4.78, 5) is 55.7. The number of nitrogens with two attached hydrogens (primary N) is 1. The van der Waals surface area contributed by atoms with Gasteiger partial charge in [0.1, 0.15) is 12.1 Å². The molecular formula is C22H30N6O5. The van der Waals surface area contributed by atoms with Gasteiger partial charge < -0.3 is 31.8 Å². The summed E-state index contributed by atoms with van der Waals surface area (Å²) in [5.74, 6) is -3.07. The predicted molar refractivity (Wildman–Crippen MR) is 120 cm³/mol. The number of aromatic nitrogens is 2. The van der Waals surface area contributed by atoms with E-state index in [9.17, 15) is 24.3 Å². The molecule has 0 aliphatic carbocycles. The Labute approximate surface area is 191 Å². The van der Waals surface area contributed by atoms with Crippen LogP contribution in [-0.2, 0) is 32.0 Å². The fourth-order valence-electron chi connectivity index (χ4n) is 2.98. The van der Waals surface area contributed by atoms with Crippen molar-refractivity contribution in [2.45, 2.75) is 44.8 Å². The topological polar surface area (TPSA) is 179 Å². The number of carbonyl (C=O) groups excluding carboxylic acids is 3. The van der Waals surface area contributed by atoms with E-state index in [1.54, 1.807) is 38.1 Å². The van der Waals surface area contributed by atoms with Crippen LogP contribution in [0.2, 0.25) is 0 Å². The highest BCUT2D eigenvalue weighted by molar-refractivity contribution is 5.92. The van der Waals surface area contributed by atoms with Crippen LogP contribution in [0.15, 0.2) is 42.9 Å². The Balaban J connectivity index is 2.07. The standard InChI is InChI=1S/C22H30N6O5/c1-13(2)19(23)21(31)25-11-18(29)27-16(8-14-6-4-3-5-7-14)20(30)28-17(22(32)33)9-15-10-24-12-26-15/h3-7,10,12-13,16-17,19H,8-9,11,23H2,1-2H3,(H,24,26)(H,25,31)(H,27,29)(H,28,30)(H,32,33). The Morgan fingerprint density at radius 3 is 2.30 bits per heavy atom. The van der Waals surface area contributed by atoms with E-state index in [-0.39, 0.29) is 25.3 Å². The van der Waals surface area contributed by atoms with Gasteiger partial charge in [-0.2, -0.15) is 0 Å². The average molecular weight is 459 g/mol. The van der Waals surface area contributed by atoms with Gasteiger partial charge in [0.25, 0.3) is 0 Å². The molecule has 0 radical (unpaired) electrons. The number of hydrogen-bond donors (Lipinski definition) is 6.